The van der Waals surface area contributed by atoms with E-state index in [-0.39, 0.29) is 14.9 Å². The number of phenolic OH excluding ortho intramolecular Hbond substituents is 1. The van der Waals surface area contributed by atoms with Gasteiger partial charge in [-0.1, -0.05) is 91.1 Å². The summed E-state index contributed by atoms with van der Waals surface area (Å²) >= 11 is 0. The lowest BCUT2D eigenvalue weighted by atomic mass is 9.94. The number of rotatable bonds is 2. The standard InChI is InChI=1S/C14H14.C10H14O.2CH4/c1-9-10(2)13-8-4-6-11-5-3-7-12(9)14(11)13;1-3-8(2)9-4-6-10(11)7-5-9;;/h3-10H,1-2H3;4-8,11H,3H2,1-2H3;2*1H4. The Morgan fingerprint density at radius 2 is 1.30 bits per heavy atom. The lowest BCUT2D eigenvalue weighted by molar-refractivity contribution is 0.475. The van der Waals surface area contributed by atoms with E-state index in [2.05, 4.69) is 64.1 Å². The minimum atomic E-state index is 0. The summed E-state index contributed by atoms with van der Waals surface area (Å²) in [6.07, 6.45) is 1.14. The Hall–Kier alpha value is -2.28. The molecule has 4 rings (SSSR count). The minimum absolute atomic E-state index is 0. The van der Waals surface area contributed by atoms with E-state index in [1.165, 1.54) is 27.5 Å². The normalized spacial score (nSPS) is 17.9. The molecular weight excluding hydrogens is 328 g/mol. The molecule has 0 spiro atoms. The predicted molar refractivity (Wildman–Crippen MR) is 121 cm³/mol. The van der Waals surface area contributed by atoms with Gasteiger partial charge >= 0.3 is 0 Å². The Kier molecular flexibility index (Phi) is 8.09. The molecule has 0 radical (unpaired) electrons. The van der Waals surface area contributed by atoms with E-state index in [0.29, 0.717) is 23.5 Å². The van der Waals surface area contributed by atoms with Crippen LogP contribution in [-0.4, -0.2) is 5.11 Å². The Morgan fingerprint density at radius 3 is 1.74 bits per heavy atom. The molecule has 0 aromatic heterocycles. The third kappa shape index (κ3) is 4.53. The van der Waals surface area contributed by atoms with Crippen LogP contribution in [0.3, 0.4) is 0 Å². The summed E-state index contributed by atoms with van der Waals surface area (Å²) < 4.78 is 0. The molecule has 3 unspecified atom stereocenters. The highest BCUT2D eigenvalue weighted by molar-refractivity contribution is 5.92. The first-order chi connectivity index (χ1) is 12.0. The van der Waals surface area contributed by atoms with Crippen LogP contribution in [0.25, 0.3) is 10.8 Å². The molecule has 0 saturated carbocycles. The number of aromatic hydroxyl groups is 1. The molecule has 0 fully saturated rings. The Labute approximate surface area is 166 Å². The predicted octanol–water partition coefficient (Wildman–Crippen LogP) is 8.24. The quantitative estimate of drug-likeness (QED) is 0.485. The van der Waals surface area contributed by atoms with Crippen molar-refractivity contribution in [1.29, 1.82) is 0 Å². The third-order valence-electron chi connectivity index (χ3n) is 5.77. The molecule has 146 valence electrons. The smallest absolute Gasteiger partial charge is 0.115 e. The van der Waals surface area contributed by atoms with Crippen LogP contribution < -0.4 is 0 Å². The maximum Gasteiger partial charge on any atom is 0.115 e. The largest absolute Gasteiger partial charge is 0.508 e. The molecule has 3 atom stereocenters. The molecule has 1 N–H and O–H groups in total. The monoisotopic (exact) mass is 364 g/mol. The molecule has 1 aliphatic rings. The van der Waals surface area contributed by atoms with Gasteiger partial charge in [-0.25, -0.2) is 0 Å². The second-order valence-electron chi connectivity index (χ2n) is 7.27. The third-order valence-corrected chi connectivity index (χ3v) is 5.77. The summed E-state index contributed by atoms with van der Waals surface area (Å²) in [5.41, 5.74) is 4.36. The summed E-state index contributed by atoms with van der Waals surface area (Å²) in [5.74, 6) is 2.29. The highest BCUT2D eigenvalue weighted by Gasteiger charge is 2.27. The van der Waals surface area contributed by atoms with Crippen molar-refractivity contribution in [3.8, 4) is 5.75 Å². The van der Waals surface area contributed by atoms with Gasteiger partial charge < -0.3 is 5.11 Å². The van der Waals surface area contributed by atoms with Crippen molar-refractivity contribution < 1.29 is 5.11 Å². The fraction of sp³-hybridized carbons (Fsp3) is 0.385. The summed E-state index contributed by atoms with van der Waals surface area (Å²) in [7, 11) is 0. The van der Waals surface area contributed by atoms with Gasteiger partial charge in [0, 0.05) is 0 Å². The molecule has 1 heteroatoms. The van der Waals surface area contributed by atoms with E-state index in [0.717, 1.165) is 6.42 Å². The van der Waals surface area contributed by atoms with E-state index in [9.17, 15) is 0 Å². The van der Waals surface area contributed by atoms with Crippen molar-refractivity contribution in [2.45, 2.75) is 66.7 Å². The van der Waals surface area contributed by atoms with Crippen LogP contribution in [0.2, 0.25) is 0 Å². The first kappa shape index (κ1) is 22.8. The van der Waals surface area contributed by atoms with E-state index < -0.39 is 0 Å². The Bertz CT molecular complexity index is 805. The summed E-state index contributed by atoms with van der Waals surface area (Å²) in [6.45, 7) is 9.02. The minimum Gasteiger partial charge on any atom is -0.508 e. The van der Waals surface area contributed by atoms with Gasteiger partial charge in [-0.2, -0.15) is 0 Å². The van der Waals surface area contributed by atoms with Crippen LogP contribution in [0.15, 0.2) is 60.7 Å². The Balaban J connectivity index is 0.000000259. The van der Waals surface area contributed by atoms with Gasteiger partial charge in [-0.3, -0.25) is 0 Å². The fourth-order valence-electron chi connectivity index (χ4n) is 3.74. The number of hydrogen-bond acceptors (Lipinski definition) is 1. The van der Waals surface area contributed by atoms with E-state index in [1.54, 1.807) is 12.1 Å². The van der Waals surface area contributed by atoms with Crippen molar-refractivity contribution in [2.24, 2.45) is 0 Å². The van der Waals surface area contributed by atoms with Crippen LogP contribution in [0.1, 0.15) is 83.4 Å². The number of phenols is 1. The molecule has 0 amide bonds. The molecule has 0 saturated heterocycles. The molecule has 1 aliphatic carbocycles. The average molecular weight is 365 g/mol. The zero-order chi connectivity index (χ0) is 18.0. The topological polar surface area (TPSA) is 20.2 Å². The van der Waals surface area contributed by atoms with Crippen molar-refractivity contribution in [2.75, 3.05) is 0 Å². The molecule has 0 heterocycles. The van der Waals surface area contributed by atoms with Crippen molar-refractivity contribution >= 4 is 10.8 Å². The molecule has 3 aromatic carbocycles. The Morgan fingerprint density at radius 1 is 0.815 bits per heavy atom. The summed E-state index contributed by atoms with van der Waals surface area (Å²) in [6, 6.07) is 20.8. The van der Waals surface area contributed by atoms with Crippen molar-refractivity contribution in [1.82, 2.24) is 0 Å². The van der Waals surface area contributed by atoms with E-state index in [1.807, 2.05) is 12.1 Å². The highest BCUT2D eigenvalue weighted by atomic mass is 16.3. The lowest BCUT2D eigenvalue weighted by Crippen LogP contribution is -1.95. The average Bonchev–Trinajstić information content (AvgIpc) is 2.90. The van der Waals surface area contributed by atoms with Gasteiger partial charge in [-0.15, -0.1) is 0 Å². The van der Waals surface area contributed by atoms with Crippen LogP contribution in [0.4, 0.5) is 0 Å². The van der Waals surface area contributed by atoms with E-state index in [4.69, 9.17) is 5.11 Å². The molecule has 0 aliphatic heterocycles. The molecule has 0 bridgehead atoms. The van der Waals surface area contributed by atoms with E-state index >= 15 is 0 Å². The maximum absolute atomic E-state index is 9.01. The zero-order valence-electron chi connectivity index (χ0n) is 15.7. The second kappa shape index (κ2) is 9.60. The zero-order valence-corrected chi connectivity index (χ0v) is 15.7. The molecular formula is C26H36O. The second-order valence-corrected chi connectivity index (χ2v) is 7.27. The van der Waals surface area contributed by atoms with Gasteiger partial charge in [-0.05, 0) is 63.8 Å². The van der Waals surface area contributed by atoms with Crippen LogP contribution in [-0.2, 0) is 0 Å². The van der Waals surface area contributed by atoms with Gasteiger partial charge in [0.25, 0.3) is 0 Å². The van der Waals surface area contributed by atoms with Crippen molar-refractivity contribution in [3.05, 3.63) is 77.4 Å². The van der Waals surface area contributed by atoms with Gasteiger partial charge in [0.05, 0.1) is 0 Å². The highest BCUT2D eigenvalue weighted by Crippen LogP contribution is 2.45. The fourth-order valence-corrected chi connectivity index (χ4v) is 3.74. The van der Waals surface area contributed by atoms with Gasteiger partial charge in [0.2, 0.25) is 0 Å². The van der Waals surface area contributed by atoms with Crippen LogP contribution in [0.5, 0.6) is 5.75 Å². The summed E-state index contributed by atoms with van der Waals surface area (Å²) in [5, 5.41) is 11.9. The van der Waals surface area contributed by atoms with Gasteiger partial charge in [0.15, 0.2) is 0 Å². The molecule has 3 aromatic rings. The SMILES string of the molecule is C.C.CC1c2cccc3cccc(c23)C1C.CCC(C)c1ccc(O)cc1. The first-order valence-electron chi connectivity index (χ1n) is 9.33. The number of hydrogen-bond donors (Lipinski definition) is 1. The summed E-state index contributed by atoms with van der Waals surface area (Å²) in [4.78, 5) is 0. The molecule has 27 heavy (non-hydrogen) atoms. The first-order valence-corrected chi connectivity index (χ1v) is 9.33. The van der Waals surface area contributed by atoms with Crippen LogP contribution >= 0.6 is 0 Å². The number of benzene rings is 3. The maximum atomic E-state index is 9.01. The van der Waals surface area contributed by atoms with Gasteiger partial charge in [0.1, 0.15) is 5.75 Å². The van der Waals surface area contributed by atoms with Crippen LogP contribution in [0, 0.1) is 0 Å². The van der Waals surface area contributed by atoms with Crippen molar-refractivity contribution in [3.63, 3.8) is 0 Å². The molecule has 1 nitrogen and oxygen atoms in total. The lowest BCUT2D eigenvalue weighted by Gasteiger charge is -2.10.